The lowest BCUT2D eigenvalue weighted by molar-refractivity contribution is 0.0133. The van der Waals surface area contributed by atoms with Crippen molar-refractivity contribution in [1.82, 2.24) is 5.32 Å². The smallest absolute Gasteiger partial charge is 0.407 e. The summed E-state index contributed by atoms with van der Waals surface area (Å²) in [4.78, 5) is 12.3. The maximum Gasteiger partial charge on any atom is 0.407 e. The zero-order valence-corrected chi connectivity index (χ0v) is 18.4. The molecule has 0 heterocycles. The van der Waals surface area contributed by atoms with Gasteiger partial charge in [-0.3, -0.25) is 0 Å². The van der Waals surface area contributed by atoms with Gasteiger partial charge in [-0.25, -0.2) is 4.79 Å². The molecular weight excluding hydrogens is 402 g/mol. The lowest BCUT2D eigenvalue weighted by Gasteiger charge is -2.20. The number of fused-ring (bicyclic) bond motifs is 3. The molecule has 0 fully saturated rings. The molecule has 0 radical (unpaired) electrons. The molecule has 166 valence electrons. The maximum atomic E-state index is 12.3. The standard InChI is InChI=1S/C27H29NO4/c1-17-11-12-19(18(2)15-17)26(30)25(29)13-14-28-27(31)32-16-24-22-9-5-3-7-20(22)21-8-4-6-10-23(21)24/h3-12,15,24-26,29-30H,13-14,16H2,1-2H3,(H,28,31). The van der Waals surface area contributed by atoms with Gasteiger partial charge in [-0.2, -0.15) is 0 Å². The molecule has 0 aliphatic heterocycles. The zero-order valence-electron chi connectivity index (χ0n) is 18.4. The van der Waals surface area contributed by atoms with E-state index in [4.69, 9.17) is 4.74 Å². The topological polar surface area (TPSA) is 78.8 Å². The summed E-state index contributed by atoms with van der Waals surface area (Å²) in [5.74, 6) is 0.00470. The Morgan fingerprint density at radius 2 is 1.59 bits per heavy atom. The first kappa shape index (κ1) is 22.1. The van der Waals surface area contributed by atoms with Gasteiger partial charge in [-0.05, 0) is 53.6 Å². The number of ether oxygens (including phenoxy) is 1. The monoisotopic (exact) mass is 431 g/mol. The number of hydrogen-bond acceptors (Lipinski definition) is 4. The molecule has 5 heteroatoms. The highest BCUT2D eigenvalue weighted by atomic mass is 16.5. The first-order valence-electron chi connectivity index (χ1n) is 11.0. The van der Waals surface area contributed by atoms with Crippen molar-refractivity contribution in [2.24, 2.45) is 0 Å². The molecule has 2 atom stereocenters. The average Bonchev–Trinajstić information content (AvgIpc) is 3.11. The van der Waals surface area contributed by atoms with Crippen LogP contribution in [0.1, 0.15) is 46.3 Å². The van der Waals surface area contributed by atoms with Crippen LogP contribution in [0.2, 0.25) is 0 Å². The molecule has 2 unspecified atom stereocenters. The number of carbonyl (C=O) groups is 1. The van der Waals surface area contributed by atoms with Crippen molar-refractivity contribution in [2.75, 3.05) is 13.2 Å². The summed E-state index contributed by atoms with van der Waals surface area (Å²) >= 11 is 0. The molecule has 3 aromatic carbocycles. The van der Waals surface area contributed by atoms with Gasteiger partial charge in [-0.15, -0.1) is 0 Å². The van der Waals surface area contributed by atoms with Crippen LogP contribution in [0.5, 0.6) is 0 Å². The highest BCUT2D eigenvalue weighted by Crippen LogP contribution is 2.44. The number of hydrogen-bond donors (Lipinski definition) is 3. The van der Waals surface area contributed by atoms with E-state index in [9.17, 15) is 15.0 Å². The van der Waals surface area contributed by atoms with Crippen molar-refractivity contribution in [3.63, 3.8) is 0 Å². The molecule has 32 heavy (non-hydrogen) atoms. The molecule has 0 aromatic heterocycles. The fraction of sp³-hybridized carbons (Fsp3) is 0.296. The van der Waals surface area contributed by atoms with Gasteiger partial charge in [0.15, 0.2) is 0 Å². The van der Waals surface area contributed by atoms with Crippen LogP contribution in [-0.2, 0) is 4.74 Å². The van der Waals surface area contributed by atoms with Crippen LogP contribution in [0, 0.1) is 13.8 Å². The van der Waals surface area contributed by atoms with E-state index in [1.165, 1.54) is 11.1 Å². The predicted octanol–water partition coefficient (Wildman–Crippen LogP) is 4.63. The fourth-order valence-electron chi connectivity index (χ4n) is 4.49. The first-order valence-corrected chi connectivity index (χ1v) is 11.0. The van der Waals surface area contributed by atoms with Crippen molar-refractivity contribution in [3.8, 4) is 11.1 Å². The summed E-state index contributed by atoms with van der Waals surface area (Å²) in [6.45, 7) is 4.35. The molecule has 5 nitrogen and oxygen atoms in total. The quantitative estimate of drug-likeness (QED) is 0.510. The number of aryl methyl sites for hydroxylation is 2. The molecule has 1 aliphatic rings. The lowest BCUT2D eigenvalue weighted by atomic mass is 9.96. The van der Waals surface area contributed by atoms with Gasteiger partial charge in [0.1, 0.15) is 12.7 Å². The van der Waals surface area contributed by atoms with Crippen molar-refractivity contribution >= 4 is 6.09 Å². The van der Waals surface area contributed by atoms with Crippen LogP contribution < -0.4 is 5.32 Å². The van der Waals surface area contributed by atoms with Crippen LogP contribution >= 0.6 is 0 Å². The Labute approximate surface area is 188 Å². The average molecular weight is 432 g/mol. The molecule has 3 N–H and O–H groups in total. The van der Waals surface area contributed by atoms with Crippen molar-refractivity contribution in [2.45, 2.75) is 38.4 Å². The summed E-state index contributed by atoms with van der Waals surface area (Å²) in [6, 6.07) is 22.1. The van der Waals surface area contributed by atoms with Gasteiger partial charge in [0.05, 0.1) is 6.10 Å². The predicted molar refractivity (Wildman–Crippen MR) is 125 cm³/mol. The summed E-state index contributed by atoms with van der Waals surface area (Å²) in [6.07, 6.45) is -2.29. The summed E-state index contributed by atoms with van der Waals surface area (Å²) in [7, 11) is 0. The van der Waals surface area contributed by atoms with E-state index < -0.39 is 18.3 Å². The number of nitrogens with one attached hydrogen (secondary N) is 1. The minimum atomic E-state index is -1.00. The number of aliphatic hydroxyl groups excluding tert-OH is 2. The minimum Gasteiger partial charge on any atom is -0.449 e. The number of alkyl carbamates (subject to hydrolysis) is 1. The van der Waals surface area contributed by atoms with Crippen LogP contribution in [-0.4, -0.2) is 35.6 Å². The second kappa shape index (κ2) is 9.55. The van der Waals surface area contributed by atoms with E-state index in [2.05, 4.69) is 29.6 Å². The number of amides is 1. The van der Waals surface area contributed by atoms with Crippen molar-refractivity contribution < 1.29 is 19.7 Å². The van der Waals surface area contributed by atoms with Crippen LogP contribution in [0.15, 0.2) is 66.7 Å². The van der Waals surface area contributed by atoms with Gasteiger partial charge in [-0.1, -0.05) is 72.3 Å². The van der Waals surface area contributed by atoms with E-state index >= 15 is 0 Å². The Morgan fingerprint density at radius 1 is 0.969 bits per heavy atom. The molecule has 1 aliphatic carbocycles. The van der Waals surface area contributed by atoms with Gasteiger partial charge in [0.2, 0.25) is 0 Å². The lowest BCUT2D eigenvalue weighted by Crippen LogP contribution is -2.30. The number of rotatable bonds is 7. The van der Waals surface area contributed by atoms with Crippen LogP contribution in [0.25, 0.3) is 11.1 Å². The van der Waals surface area contributed by atoms with E-state index in [0.717, 1.165) is 22.3 Å². The molecule has 4 rings (SSSR count). The van der Waals surface area contributed by atoms with Gasteiger partial charge in [0, 0.05) is 12.5 Å². The zero-order chi connectivity index (χ0) is 22.7. The normalized spacial score (nSPS) is 14.4. The van der Waals surface area contributed by atoms with E-state index in [-0.39, 0.29) is 25.5 Å². The number of benzene rings is 3. The SMILES string of the molecule is Cc1ccc(C(O)C(O)CCNC(=O)OCC2c3ccccc3-c3ccccc32)c(C)c1. The molecule has 0 saturated heterocycles. The summed E-state index contributed by atoms with van der Waals surface area (Å²) in [5.41, 5.74) is 7.42. The molecule has 0 bridgehead atoms. The Bertz CT molecular complexity index is 1060. The maximum absolute atomic E-state index is 12.3. The highest BCUT2D eigenvalue weighted by molar-refractivity contribution is 5.79. The number of carbonyl (C=O) groups excluding carboxylic acids is 1. The second-order valence-corrected chi connectivity index (χ2v) is 8.41. The molecule has 0 spiro atoms. The summed E-state index contributed by atoms with van der Waals surface area (Å²) in [5, 5.41) is 23.5. The Balaban J connectivity index is 1.29. The Hall–Kier alpha value is -3.15. The third-order valence-electron chi connectivity index (χ3n) is 6.16. The first-order chi connectivity index (χ1) is 15.5. The van der Waals surface area contributed by atoms with E-state index in [1.54, 1.807) is 0 Å². The minimum absolute atomic E-state index is 0.00470. The van der Waals surface area contributed by atoms with Crippen LogP contribution in [0.3, 0.4) is 0 Å². The highest BCUT2D eigenvalue weighted by Gasteiger charge is 2.29. The third kappa shape index (κ3) is 4.54. The Kier molecular flexibility index (Phi) is 6.58. The van der Waals surface area contributed by atoms with Crippen molar-refractivity contribution in [1.29, 1.82) is 0 Å². The van der Waals surface area contributed by atoms with E-state index in [1.807, 2.05) is 56.3 Å². The largest absolute Gasteiger partial charge is 0.449 e. The van der Waals surface area contributed by atoms with Crippen LogP contribution in [0.4, 0.5) is 4.79 Å². The molecular formula is C27H29NO4. The third-order valence-corrected chi connectivity index (χ3v) is 6.16. The molecule has 3 aromatic rings. The fourth-order valence-corrected chi connectivity index (χ4v) is 4.49. The van der Waals surface area contributed by atoms with Gasteiger partial charge >= 0.3 is 6.09 Å². The Morgan fingerprint density at radius 3 is 2.22 bits per heavy atom. The van der Waals surface area contributed by atoms with E-state index in [0.29, 0.717) is 5.56 Å². The molecule has 0 saturated carbocycles. The van der Waals surface area contributed by atoms with Gasteiger partial charge in [0.25, 0.3) is 0 Å². The number of aliphatic hydroxyl groups is 2. The second-order valence-electron chi connectivity index (χ2n) is 8.41. The van der Waals surface area contributed by atoms with Crippen molar-refractivity contribution in [3.05, 3.63) is 94.5 Å². The van der Waals surface area contributed by atoms with Gasteiger partial charge < -0.3 is 20.3 Å². The summed E-state index contributed by atoms with van der Waals surface area (Å²) < 4.78 is 5.50. The molecule has 1 amide bonds.